The predicted octanol–water partition coefficient (Wildman–Crippen LogP) is 1.89. The number of carbonyl (C=O) groups excluding carboxylic acids is 1. The Morgan fingerprint density at radius 2 is 1.96 bits per heavy atom. The summed E-state index contributed by atoms with van der Waals surface area (Å²) in [7, 11) is 1.72. The van der Waals surface area contributed by atoms with Crippen molar-refractivity contribution in [3.63, 3.8) is 0 Å². The minimum Gasteiger partial charge on any atom is -0.383 e. The zero-order valence-corrected chi connectivity index (χ0v) is 14.7. The molecule has 0 aliphatic carbocycles. The van der Waals surface area contributed by atoms with Crippen molar-refractivity contribution in [1.82, 2.24) is 15.1 Å². The number of urea groups is 1. The highest BCUT2D eigenvalue weighted by Gasteiger charge is 2.20. The van der Waals surface area contributed by atoms with Crippen molar-refractivity contribution in [2.75, 3.05) is 58.7 Å². The molecule has 2 amide bonds. The number of carbonyl (C=O) groups is 1. The number of amides is 2. The van der Waals surface area contributed by atoms with E-state index in [-0.39, 0.29) is 6.03 Å². The molecule has 0 aromatic heterocycles. The highest BCUT2D eigenvalue weighted by molar-refractivity contribution is 7.98. The van der Waals surface area contributed by atoms with Crippen molar-refractivity contribution in [2.24, 2.45) is 0 Å². The van der Waals surface area contributed by atoms with E-state index < -0.39 is 0 Å². The molecule has 1 saturated heterocycles. The summed E-state index contributed by atoms with van der Waals surface area (Å²) >= 11 is 1.85. The fraction of sp³-hybridized carbons (Fsp3) is 0.588. The van der Waals surface area contributed by atoms with Gasteiger partial charge in [-0.2, -0.15) is 11.8 Å². The van der Waals surface area contributed by atoms with Crippen molar-refractivity contribution in [1.29, 1.82) is 0 Å². The quantitative estimate of drug-likeness (QED) is 0.736. The van der Waals surface area contributed by atoms with Crippen LogP contribution >= 0.6 is 11.8 Å². The SMILES string of the molecule is COCCN1CCN(C(=O)NCCSCc2ccccc2)CC1. The van der Waals surface area contributed by atoms with Crippen LogP contribution in [0.2, 0.25) is 0 Å². The monoisotopic (exact) mass is 337 g/mol. The second kappa shape index (κ2) is 10.5. The van der Waals surface area contributed by atoms with Gasteiger partial charge >= 0.3 is 6.03 Å². The molecular weight excluding hydrogens is 310 g/mol. The molecule has 1 heterocycles. The molecule has 1 N–H and O–H groups in total. The molecule has 0 bridgehead atoms. The maximum Gasteiger partial charge on any atom is 0.317 e. The van der Waals surface area contributed by atoms with Gasteiger partial charge in [-0.05, 0) is 5.56 Å². The van der Waals surface area contributed by atoms with Gasteiger partial charge in [0.1, 0.15) is 0 Å². The highest BCUT2D eigenvalue weighted by Crippen LogP contribution is 2.10. The van der Waals surface area contributed by atoms with E-state index in [0.717, 1.165) is 57.4 Å². The second-order valence-electron chi connectivity index (χ2n) is 5.59. The number of hydrogen-bond donors (Lipinski definition) is 1. The van der Waals surface area contributed by atoms with Crippen LogP contribution in [0.5, 0.6) is 0 Å². The van der Waals surface area contributed by atoms with Gasteiger partial charge in [0.2, 0.25) is 0 Å². The van der Waals surface area contributed by atoms with Crippen LogP contribution in [0.25, 0.3) is 0 Å². The lowest BCUT2D eigenvalue weighted by Gasteiger charge is -2.34. The molecule has 1 aromatic rings. The summed E-state index contributed by atoms with van der Waals surface area (Å²) in [6.07, 6.45) is 0. The summed E-state index contributed by atoms with van der Waals surface area (Å²) < 4.78 is 5.09. The molecule has 2 rings (SSSR count). The summed E-state index contributed by atoms with van der Waals surface area (Å²) in [4.78, 5) is 16.4. The zero-order chi connectivity index (χ0) is 16.3. The van der Waals surface area contributed by atoms with Gasteiger partial charge in [-0.15, -0.1) is 0 Å². The van der Waals surface area contributed by atoms with Crippen molar-refractivity contribution >= 4 is 17.8 Å². The standard InChI is InChI=1S/C17H27N3O2S/c1-22-13-12-19-8-10-20(11-9-19)17(21)18-7-14-23-15-16-5-3-2-4-6-16/h2-6H,7-15H2,1H3,(H,18,21). The van der Waals surface area contributed by atoms with Gasteiger partial charge in [0.05, 0.1) is 6.61 Å². The van der Waals surface area contributed by atoms with Gasteiger partial charge in [0.25, 0.3) is 0 Å². The van der Waals surface area contributed by atoms with Crippen molar-refractivity contribution in [3.05, 3.63) is 35.9 Å². The van der Waals surface area contributed by atoms with E-state index in [1.54, 1.807) is 7.11 Å². The summed E-state index contributed by atoms with van der Waals surface area (Å²) in [5.74, 6) is 1.93. The van der Waals surface area contributed by atoms with E-state index in [9.17, 15) is 4.79 Å². The number of nitrogens with zero attached hydrogens (tertiary/aromatic N) is 2. The number of benzene rings is 1. The molecule has 1 aliphatic rings. The number of ether oxygens (including phenoxy) is 1. The van der Waals surface area contributed by atoms with Crippen LogP contribution < -0.4 is 5.32 Å². The smallest absolute Gasteiger partial charge is 0.317 e. The molecule has 0 spiro atoms. The fourth-order valence-corrected chi connectivity index (χ4v) is 3.32. The molecule has 1 aromatic carbocycles. The number of nitrogens with one attached hydrogen (secondary N) is 1. The van der Waals surface area contributed by atoms with E-state index in [4.69, 9.17) is 4.74 Å². The third kappa shape index (κ3) is 6.81. The molecule has 128 valence electrons. The van der Waals surface area contributed by atoms with Crippen LogP contribution in [0.1, 0.15) is 5.56 Å². The van der Waals surface area contributed by atoms with Crippen molar-refractivity contribution in [3.8, 4) is 0 Å². The average molecular weight is 337 g/mol. The summed E-state index contributed by atoms with van der Waals surface area (Å²) in [6.45, 7) is 5.88. The Morgan fingerprint density at radius 1 is 1.22 bits per heavy atom. The van der Waals surface area contributed by atoms with Gasteiger partial charge in [0.15, 0.2) is 0 Å². The number of methoxy groups -OCH3 is 1. The molecule has 0 unspecified atom stereocenters. The van der Waals surface area contributed by atoms with E-state index in [1.165, 1.54) is 5.56 Å². The Labute approximate surface area is 143 Å². The maximum atomic E-state index is 12.1. The summed E-state index contributed by atoms with van der Waals surface area (Å²) in [6, 6.07) is 10.5. The Balaban J connectivity index is 1.53. The topological polar surface area (TPSA) is 44.8 Å². The molecule has 5 nitrogen and oxygen atoms in total. The number of rotatable bonds is 8. The van der Waals surface area contributed by atoms with Gasteiger partial charge in [-0.3, -0.25) is 4.90 Å². The van der Waals surface area contributed by atoms with Gasteiger partial charge in [-0.25, -0.2) is 4.79 Å². The van der Waals surface area contributed by atoms with Crippen LogP contribution in [0, 0.1) is 0 Å². The van der Waals surface area contributed by atoms with Crippen LogP contribution in [0.3, 0.4) is 0 Å². The normalized spacial score (nSPS) is 15.6. The average Bonchev–Trinajstić information content (AvgIpc) is 2.61. The van der Waals surface area contributed by atoms with Gasteiger partial charge in [0, 0.05) is 57.9 Å². The lowest BCUT2D eigenvalue weighted by Crippen LogP contribution is -2.52. The minimum atomic E-state index is 0.0664. The van der Waals surface area contributed by atoms with Gasteiger partial charge in [-0.1, -0.05) is 30.3 Å². The summed E-state index contributed by atoms with van der Waals surface area (Å²) in [5.41, 5.74) is 1.33. The molecular formula is C17H27N3O2S. The van der Waals surface area contributed by atoms with E-state index >= 15 is 0 Å². The number of hydrogen-bond acceptors (Lipinski definition) is 4. The van der Waals surface area contributed by atoms with Crippen LogP contribution in [0.15, 0.2) is 30.3 Å². The highest BCUT2D eigenvalue weighted by atomic mass is 32.2. The Hall–Kier alpha value is -1.24. The Kier molecular flexibility index (Phi) is 8.28. The molecule has 0 saturated carbocycles. The third-order valence-corrected chi connectivity index (χ3v) is 4.94. The lowest BCUT2D eigenvalue weighted by atomic mass is 10.2. The van der Waals surface area contributed by atoms with Crippen molar-refractivity contribution in [2.45, 2.75) is 5.75 Å². The first-order valence-electron chi connectivity index (χ1n) is 8.15. The largest absolute Gasteiger partial charge is 0.383 e. The number of piperazine rings is 1. The van der Waals surface area contributed by atoms with Crippen molar-refractivity contribution < 1.29 is 9.53 Å². The third-order valence-electron chi connectivity index (χ3n) is 3.91. The summed E-state index contributed by atoms with van der Waals surface area (Å²) in [5, 5.41) is 3.02. The Bertz CT molecular complexity index is 450. The first-order valence-corrected chi connectivity index (χ1v) is 9.31. The molecule has 1 fully saturated rings. The minimum absolute atomic E-state index is 0.0664. The second-order valence-corrected chi connectivity index (χ2v) is 6.70. The van der Waals surface area contributed by atoms with Crippen LogP contribution in [0.4, 0.5) is 4.79 Å². The molecule has 0 atom stereocenters. The van der Waals surface area contributed by atoms with E-state index in [2.05, 4.69) is 34.5 Å². The Morgan fingerprint density at radius 3 is 2.65 bits per heavy atom. The van der Waals surface area contributed by atoms with E-state index in [0.29, 0.717) is 0 Å². The van der Waals surface area contributed by atoms with Crippen LogP contribution in [-0.4, -0.2) is 74.6 Å². The fourth-order valence-electron chi connectivity index (χ4n) is 2.50. The first-order chi connectivity index (χ1) is 11.3. The molecule has 23 heavy (non-hydrogen) atoms. The predicted molar refractivity (Wildman–Crippen MR) is 95.9 cm³/mol. The molecule has 0 radical (unpaired) electrons. The maximum absolute atomic E-state index is 12.1. The number of thioether (sulfide) groups is 1. The molecule has 1 aliphatic heterocycles. The first kappa shape index (κ1) is 18.1. The molecule has 6 heteroatoms. The zero-order valence-electron chi connectivity index (χ0n) is 13.9. The lowest BCUT2D eigenvalue weighted by molar-refractivity contribution is 0.106. The van der Waals surface area contributed by atoms with Gasteiger partial charge < -0.3 is 15.0 Å². The van der Waals surface area contributed by atoms with Crippen LogP contribution in [-0.2, 0) is 10.5 Å². The van der Waals surface area contributed by atoms with E-state index in [1.807, 2.05) is 22.7 Å².